The zero-order valence-electron chi connectivity index (χ0n) is 15.0. The molecule has 0 bridgehead atoms. The number of nitrogens with zero attached hydrogens (tertiary/aromatic N) is 2. The zero-order valence-corrected chi connectivity index (χ0v) is 15.9. The summed E-state index contributed by atoms with van der Waals surface area (Å²) < 4.78 is 0. The SMILES string of the molecule is O=c1cc(C2CCNCC2)nc(-c2ccc(CN3CCSCC3)cc2)[nH]1. The molecule has 0 aliphatic carbocycles. The molecule has 0 amide bonds. The molecule has 2 saturated heterocycles. The van der Waals surface area contributed by atoms with Gasteiger partial charge in [-0.2, -0.15) is 11.8 Å². The molecule has 0 unspecified atom stereocenters. The number of hydrogen-bond acceptors (Lipinski definition) is 5. The Bertz CT molecular complexity index is 777. The minimum Gasteiger partial charge on any atom is -0.317 e. The van der Waals surface area contributed by atoms with Crippen molar-refractivity contribution < 1.29 is 0 Å². The minimum absolute atomic E-state index is 0.0570. The normalized spacial score (nSPS) is 19.5. The van der Waals surface area contributed by atoms with Gasteiger partial charge < -0.3 is 10.3 Å². The summed E-state index contributed by atoms with van der Waals surface area (Å²) in [6, 6.07) is 10.2. The lowest BCUT2D eigenvalue weighted by molar-refractivity contribution is 0.294. The first-order valence-corrected chi connectivity index (χ1v) is 10.6. The van der Waals surface area contributed by atoms with Crippen molar-refractivity contribution in [2.24, 2.45) is 0 Å². The molecule has 3 heterocycles. The Balaban J connectivity index is 1.51. The van der Waals surface area contributed by atoms with Gasteiger partial charge >= 0.3 is 0 Å². The molecule has 2 aromatic rings. The monoisotopic (exact) mass is 370 g/mol. The third-order valence-electron chi connectivity index (χ3n) is 5.26. The van der Waals surface area contributed by atoms with E-state index in [-0.39, 0.29) is 5.56 Å². The Morgan fingerprint density at radius 3 is 2.58 bits per heavy atom. The number of benzene rings is 1. The number of rotatable bonds is 4. The number of H-pyrrole nitrogens is 1. The van der Waals surface area contributed by atoms with Crippen LogP contribution in [0.4, 0.5) is 0 Å². The summed E-state index contributed by atoms with van der Waals surface area (Å²) in [5.74, 6) is 3.53. The van der Waals surface area contributed by atoms with E-state index in [9.17, 15) is 4.79 Å². The molecule has 1 aromatic carbocycles. The molecule has 1 aromatic heterocycles. The van der Waals surface area contributed by atoms with Crippen LogP contribution in [-0.4, -0.2) is 52.6 Å². The molecule has 5 nitrogen and oxygen atoms in total. The van der Waals surface area contributed by atoms with E-state index in [1.165, 1.54) is 30.2 Å². The van der Waals surface area contributed by atoms with E-state index >= 15 is 0 Å². The van der Waals surface area contributed by atoms with Gasteiger partial charge in [0.15, 0.2) is 0 Å². The van der Waals surface area contributed by atoms with Crippen LogP contribution >= 0.6 is 11.8 Å². The van der Waals surface area contributed by atoms with E-state index < -0.39 is 0 Å². The van der Waals surface area contributed by atoms with E-state index in [0.717, 1.165) is 43.7 Å². The molecule has 138 valence electrons. The van der Waals surface area contributed by atoms with Gasteiger partial charge in [0.05, 0.1) is 5.69 Å². The van der Waals surface area contributed by atoms with Crippen LogP contribution in [-0.2, 0) is 6.54 Å². The molecular formula is C20H26N4OS. The van der Waals surface area contributed by atoms with Crippen molar-refractivity contribution in [2.45, 2.75) is 25.3 Å². The van der Waals surface area contributed by atoms with Crippen LogP contribution in [0.5, 0.6) is 0 Å². The van der Waals surface area contributed by atoms with Gasteiger partial charge in [0.25, 0.3) is 5.56 Å². The quantitative estimate of drug-likeness (QED) is 0.866. The lowest BCUT2D eigenvalue weighted by Crippen LogP contribution is -2.31. The number of piperidine rings is 1. The first-order valence-electron chi connectivity index (χ1n) is 9.49. The molecule has 0 atom stereocenters. The topological polar surface area (TPSA) is 61.0 Å². The second kappa shape index (κ2) is 8.37. The van der Waals surface area contributed by atoms with E-state index in [4.69, 9.17) is 4.98 Å². The van der Waals surface area contributed by atoms with Gasteiger partial charge in [0.1, 0.15) is 5.82 Å². The predicted molar refractivity (Wildman–Crippen MR) is 108 cm³/mol. The summed E-state index contributed by atoms with van der Waals surface area (Å²) in [6.07, 6.45) is 2.09. The lowest BCUT2D eigenvalue weighted by atomic mass is 9.94. The van der Waals surface area contributed by atoms with Crippen LogP contribution < -0.4 is 10.9 Å². The highest BCUT2D eigenvalue weighted by Gasteiger charge is 2.18. The van der Waals surface area contributed by atoms with Crippen molar-refractivity contribution in [1.29, 1.82) is 0 Å². The molecule has 2 N–H and O–H groups in total. The first-order chi connectivity index (χ1) is 12.8. The number of nitrogens with one attached hydrogen (secondary N) is 2. The second-order valence-electron chi connectivity index (χ2n) is 7.13. The Morgan fingerprint density at radius 2 is 1.85 bits per heavy atom. The Labute approximate surface area is 158 Å². The molecule has 0 saturated carbocycles. The average Bonchev–Trinajstić information content (AvgIpc) is 2.70. The summed E-state index contributed by atoms with van der Waals surface area (Å²) in [4.78, 5) is 22.3. The predicted octanol–water partition coefficient (Wildman–Crippen LogP) is 2.45. The second-order valence-corrected chi connectivity index (χ2v) is 8.35. The fourth-order valence-electron chi connectivity index (χ4n) is 3.73. The maximum atomic E-state index is 12.1. The van der Waals surface area contributed by atoms with Crippen molar-refractivity contribution in [3.63, 3.8) is 0 Å². The summed E-state index contributed by atoms with van der Waals surface area (Å²) in [6.45, 7) is 5.33. The molecule has 2 aliphatic heterocycles. The highest BCUT2D eigenvalue weighted by Crippen LogP contribution is 2.24. The van der Waals surface area contributed by atoms with Crippen molar-refractivity contribution in [3.05, 3.63) is 51.9 Å². The van der Waals surface area contributed by atoms with Crippen LogP contribution in [0.15, 0.2) is 35.1 Å². The van der Waals surface area contributed by atoms with Gasteiger partial charge in [0, 0.05) is 48.7 Å². The molecule has 4 rings (SSSR count). The molecule has 26 heavy (non-hydrogen) atoms. The third-order valence-corrected chi connectivity index (χ3v) is 6.20. The summed E-state index contributed by atoms with van der Waals surface area (Å²) >= 11 is 2.04. The lowest BCUT2D eigenvalue weighted by Gasteiger charge is -2.26. The van der Waals surface area contributed by atoms with Crippen molar-refractivity contribution in [1.82, 2.24) is 20.2 Å². The van der Waals surface area contributed by atoms with Gasteiger partial charge in [-0.25, -0.2) is 4.98 Å². The van der Waals surface area contributed by atoms with Gasteiger partial charge in [0.2, 0.25) is 0 Å². The third kappa shape index (κ3) is 4.37. The fourth-order valence-corrected chi connectivity index (χ4v) is 4.70. The van der Waals surface area contributed by atoms with E-state index in [1.54, 1.807) is 6.07 Å². The highest BCUT2D eigenvalue weighted by atomic mass is 32.2. The number of hydrogen-bond donors (Lipinski definition) is 2. The molecule has 0 radical (unpaired) electrons. The molecular weight excluding hydrogens is 344 g/mol. The van der Waals surface area contributed by atoms with Crippen molar-refractivity contribution in [2.75, 3.05) is 37.7 Å². The number of aromatic amines is 1. The van der Waals surface area contributed by atoms with Gasteiger partial charge in [-0.05, 0) is 31.5 Å². The molecule has 2 aliphatic rings. The van der Waals surface area contributed by atoms with E-state index in [0.29, 0.717) is 11.7 Å². The number of thioether (sulfide) groups is 1. The maximum absolute atomic E-state index is 12.1. The average molecular weight is 371 g/mol. The number of aromatic nitrogens is 2. The smallest absolute Gasteiger partial charge is 0.251 e. The van der Waals surface area contributed by atoms with E-state index in [2.05, 4.69) is 39.5 Å². The fraction of sp³-hybridized carbons (Fsp3) is 0.500. The molecule has 0 spiro atoms. The summed E-state index contributed by atoms with van der Waals surface area (Å²) in [7, 11) is 0. The van der Waals surface area contributed by atoms with Crippen LogP contribution in [0.2, 0.25) is 0 Å². The van der Waals surface area contributed by atoms with Gasteiger partial charge in [-0.1, -0.05) is 24.3 Å². The van der Waals surface area contributed by atoms with Gasteiger partial charge in [-0.3, -0.25) is 9.69 Å². The Hall–Kier alpha value is -1.63. The highest BCUT2D eigenvalue weighted by molar-refractivity contribution is 7.99. The summed E-state index contributed by atoms with van der Waals surface area (Å²) in [5, 5.41) is 3.37. The van der Waals surface area contributed by atoms with E-state index in [1.807, 2.05) is 11.8 Å². The Morgan fingerprint density at radius 1 is 1.12 bits per heavy atom. The van der Waals surface area contributed by atoms with Crippen LogP contribution in [0.25, 0.3) is 11.4 Å². The summed E-state index contributed by atoms with van der Waals surface area (Å²) in [5.41, 5.74) is 3.17. The Kier molecular flexibility index (Phi) is 5.72. The standard InChI is InChI=1S/C20H26N4OS/c25-19-13-18(16-5-7-21-8-6-16)22-20(23-19)17-3-1-15(2-4-17)14-24-9-11-26-12-10-24/h1-4,13,16,21H,5-12,14H2,(H,22,23,25). The molecule has 6 heteroatoms. The van der Waals surface area contributed by atoms with Crippen molar-refractivity contribution in [3.8, 4) is 11.4 Å². The van der Waals surface area contributed by atoms with Gasteiger partial charge in [-0.15, -0.1) is 0 Å². The first kappa shape index (κ1) is 17.8. The van der Waals surface area contributed by atoms with Crippen LogP contribution in [0, 0.1) is 0 Å². The van der Waals surface area contributed by atoms with Crippen LogP contribution in [0.3, 0.4) is 0 Å². The van der Waals surface area contributed by atoms with Crippen LogP contribution in [0.1, 0.15) is 30.0 Å². The molecule has 2 fully saturated rings. The maximum Gasteiger partial charge on any atom is 0.251 e. The minimum atomic E-state index is -0.0570. The zero-order chi connectivity index (χ0) is 17.8. The van der Waals surface area contributed by atoms with Crippen molar-refractivity contribution >= 4 is 11.8 Å². The largest absolute Gasteiger partial charge is 0.317 e.